The number of amides is 1. The molecule has 6 heteroatoms. The first-order valence-electron chi connectivity index (χ1n) is 10.5. The van der Waals surface area contributed by atoms with Gasteiger partial charge in [-0.15, -0.1) is 0 Å². The van der Waals surface area contributed by atoms with E-state index >= 15 is 0 Å². The Labute approximate surface area is 177 Å². The molecule has 30 heavy (non-hydrogen) atoms. The molecule has 1 aliphatic heterocycles. The molecule has 1 aromatic heterocycles. The van der Waals surface area contributed by atoms with Crippen molar-refractivity contribution >= 4 is 23.1 Å². The van der Waals surface area contributed by atoms with Gasteiger partial charge in [-0.05, 0) is 51.8 Å². The van der Waals surface area contributed by atoms with Gasteiger partial charge in [-0.2, -0.15) is 0 Å². The summed E-state index contributed by atoms with van der Waals surface area (Å²) in [4.78, 5) is 19.3. The number of anilines is 1. The lowest BCUT2D eigenvalue weighted by atomic mass is 10.1. The third-order valence-corrected chi connectivity index (χ3v) is 5.29. The number of rotatable bonds is 4. The molecular weight excluding hydrogens is 376 g/mol. The molecule has 1 aliphatic rings. The van der Waals surface area contributed by atoms with Crippen LogP contribution in [0, 0.1) is 6.92 Å². The molecule has 1 amide bonds. The summed E-state index contributed by atoms with van der Waals surface area (Å²) in [6.07, 6.45) is 0.509. The van der Waals surface area contributed by atoms with Gasteiger partial charge in [0, 0.05) is 13.1 Å². The van der Waals surface area contributed by atoms with Crippen LogP contribution in [-0.4, -0.2) is 40.4 Å². The number of para-hydroxylation sites is 2. The quantitative estimate of drug-likeness (QED) is 0.693. The van der Waals surface area contributed by atoms with E-state index in [-0.39, 0.29) is 12.1 Å². The van der Waals surface area contributed by atoms with Crippen molar-refractivity contribution in [2.45, 2.75) is 52.3 Å². The average molecular weight is 407 g/mol. The molecule has 0 bridgehead atoms. The summed E-state index contributed by atoms with van der Waals surface area (Å²) in [5.41, 5.74) is 4.11. The number of hydrogen-bond donors (Lipinski definition) is 1. The van der Waals surface area contributed by atoms with E-state index in [1.807, 2.05) is 26.8 Å². The van der Waals surface area contributed by atoms with E-state index in [2.05, 4.69) is 64.2 Å². The summed E-state index contributed by atoms with van der Waals surface area (Å²) in [5, 5.41) is 3.00. The predicted molar refractivity (Wildman–Crippen MR) is 120 cm³/mol. The Balaban J connectivity index is 1.55. The van der Waals surface area contributed by atoms with Crippen LogP contribution in [0.1, 0.15) is 38.3 Å². The molecular formula is C24H30N4O2. The fourth-order valence-corrected chi connectivity index (χ4v) is 3.87. The highest BCUT2D eigenvalue weighted by Gasteiger charge is 2.29. The van der Waals surface area contributed by atoms with E-state index < -0.39 is 5.60 Å². The number of fused-ring (bicyclic) bond motifs is 1. The molecule has 0 aliphatic carbocycles. The second-order valence-corrected chi connectivity index (χ2v) is 9.05. The van der Waals surface area contributed by atoms with Crippen molar-refractivity contribution in [2.24, 2.45) is 0 Å². The first-order chi connectivity index (χ1) is 14.3. The molecule has 6 nitrogen and oxygen atoms in total. The van der Waals surface area contributed by atoms with Crippen molar-refractivity contribution < 1.29 is 9.53 Å². The molecule has 0 radical (unpaired) electrons. The van der Waals surface area contributed by atoms with E-state index in [1.54, 1.807) is 0 Å². The van der Waals surface area contributed by atoms with E-state index in [9.17, 15) is 4.79 Å². The smallest absolute Gasteiger partial charge is 0.407 e. The van der Waals surface area contributed by atoms with Crippen LogP contribution in [0.3, 0.4) is 0 Å². The Morgan fingerprint density at radius 3 is 2.63 bits per heavy atom. The third-order valence-electron chi connectivity index (χ3n) is 5.29. The first-order valence-corrected chi connectivity index (χ1v) is 10.5. The minimum atomic E-state index is -0.496. The minimum Gasteiger partial charge on any atom is -0.444 e. The van der Waals surface area contributed by atoms with Crippen molar-refractivity contribution in [1.82, 2.24) is 14.9 Å². The highest BCUT2D eigenvalue weighted by atomic mass is 16.6. The van der Waals surface area contributed by atoms with Crippen LogP contribution in [0.15, 0.2) is 48.5 Å². The number of alkyl carbamates (subject to hydrolysis) is 1. The maximum atomic E-state index is 12.2. The van der Waals surface area contributed by atoms with Crippen molar-refractivity contribution in [1.29, 1.82) is 0 Å². The van der Waals surface area contributed by atoms with Crippen molar-refractivity contribution in [3.8, 4) is 0 Å². The molecule has 2 heterocycles. The zero-order valence-corrected chi connectivity index (χ0v) is 18.2. The van der Waals surface area contributed by atoms with Crippen molar-refractivity contribution in [2.75, 3.05) is 18.0 Å². The lowest BCUT2D eigenvalue weighted by molar-refractivity contribution is 0.0509. The summed E-state index contributed by atoms with van der Waals surface area (Å²) in [5.74, 6) is 0.949. The van der Waals surface area contributed by atoms with Gasteiger partial charge in [0.05, 0.1) is 23.6 Å². The molecule has 0 unspecified atom stereocenters. The molecule has 3 aromatic rings. The Kier molecular flexibility index (Phi) is 5.41. The largest absolute Gasteiger partial charge is 0.444 e. The van der Waals surface area contributed by atoms with E-state index in [1.165, 1.54) is 11.1 Å². The number of ether oxygens (including phenoxy) is 1. The first kappa shape index (κ1) is 20.3. The Hall–Kier alpha value is -3.02. The maximum absolute atomic E-state index is 12.2. The number of carbonyl (C=O) groups excluding carboxylic acids is 1. The summed E-state index contributed by atoms with van der Waals surface area (Å²) in [7, 11) is 0. The second-order valence-electron chi connectivity index (χ2n) is 9.05. The fraction of sp³-hybridized carbons (Fsp3) is 0.417. The second kappa shape index (κ2) is 8.01. The third kappa shape index (κ3) is 4.58. The normalized spacial score (nSPS) is 16.8. The topological polar surface area (TPSA) is 59.4 Å². The summed E-state index contributed by atoms with van der Waals surface area (Å²) >= 11 is 0. The number of benzene rings is 2. The van der Waals surface area contributed by atoms with Gasteiger partial charge >= 0.3 is 6.09 Å². The molecule has 158 valence electrons. The summed E-state index contributed by atoms with van der Waals surface area (Å²) in [6.45, 7) is 10.1. The monoisotopic (exact) mass is 406 g/mol. The number of carbonyl (C=O) groups is 1. The number of imidazole rings is 1. The van der Waals surface area contributed by atoms with Crippen LogP contribution in [0.25, 0.3) is 11.0 Å². The Bertz CT molecular complexity index is 1030. The van der Waals surface area contributed by atoms with Crippen LogP contribution in [0.4, 0.5) is 10.7 Å². The van der Waals surface area contributed by atoms with Crippen LogP contribution in [0.2, 0.25) is 0 Å². The molecule has 4 rings (SSSR count). The lowest BCUT2D eigenvalue weighted by Gasteiger charge is -2.22. The van der Waals surface area contributed by atoms with Crippen LogP contribution >= 0.6 is 0 Å². The van der Waals surface area contributed by atoms with Gasteiger partial charge in [0.15, 0.2) is 0 Å². The van der Waals surface area contributed by atoms with Crippen LogP contribution in [-0.2, 0) is 11.3 Å². The SMILES string of the molecule is Cc1ccc(Cn2c(N3CC[C@H](NC(=O)OC(C)(C)C)C3)nc3ccccc32)cc1. The standard InChI is InChI=1S/C24H30N4O2/c1-17-9-11-18(12-10-17)15-28-21-8-6-5-7-20(21)26-22(28)27-14-13-19(16-27)25-23(29)30-24(2,3)4/h5-12,19H,13-16H2,1-4H3,(H,25,29)/t19-/m0/s1. The number of nitrogens with zero attached hydrogens (tertiary/aromatic N) is 3. The molecule has 0 saturated carbocycles. The van der Waals surface area contributed by atoms with Gasteiger partial charge in [-0.3, -0.25) is 0 Å². The highest BCUT2D eigenvalue weighted by Crippen LogP contribution is 2.27. The molecule has 1 saturated heterocycles. The Morgan fingerprint density at radius 1 is 1.17 bits per heavy atom. The fourth-order valence-electron chi connectivity index (χ4n) is 3.87. The van der Waals surface area contributed by atoms with Gasteiger partial charge < -0.3 is 19.5 Å². The van der Waals surface area contributed by atoms with Crippen molar-refractivity contribution in [3.63, 3.8) is 0 Å². The summed E-state index contributed by atoms with van der Waals surface area (Å²) in [6, 6.07) is 16.9. The summed E-state index contributed by atoms with van der Waals surface area (Å²) < 4.78 is 7.69. The van der Waals surface area contributed by atoms with Gasteiger partial charge in [-0.1, -0.05) is 42.0 Å². The van der Waals surface area contributed by atoms with Gasteiger partial charge in [-0.25, -0.2) is 9.78 Å². The molecule has 1 atom stereocenters. The predicted octanol–water partition coefficient (Wildman–Crippen LogP) is 4.50. The minimum absolute atomic E-state index is 0.0486. The molecule has 0 spiro atoms. The van der Waals surface area contributed by atoms with E-state index in [4.69, 9.17) is 9.72 Å². The lowest BCUT2D eigenvalue weighted by Crippen LogP contribution is -2.40. The van der Waals surface area contributed by atoms with Crippen LogP contribution < -0.4 is 10.2 Å². The average Bonchev–Trinajstić information content (AvgIpc) is 3.27. The van der Waals surface area contributed by atoms with Crippen LogP contribution in [0.5, 0.6) is 0 Å². The number of aromatic nitrogens is 2. The molecule has 2 aromatic carbocycles. The highest BCUT2D eigenvalue weighted by molar-refractivity contribution is 5.79. The molecule has 1 fully saturated rings. The number of aryl methyl sites for hydroxylation is 1. The zero-order chi connectivity index (χ0) is 21.3. The van der Waals surface area contributed by atoms with Gasteiger partial charge in [0.1, 0.15) is 5.60 Å². The van der Waals surface area contributed by atoms with Gasteiger partial charge in [0.2, 0.25) is 5.95 Å². The number of hydrogen-bond acceptors (Lipinski definition) is 4. The van der Waals surface area contributed by atoms with Crippen molar-refractivity contribution in [3.05, 3.63) is 59.7 Å². The van der Waals surface area contributed by atoms with E-state index in [0.29, 0.717) is 0 Å². The van der Waals surface area contributed by atoms with E-state index in [0.717, 1.165) is 43.0 Å². The number of nitrogens with one attached hydrogen (secondary N) is 1. The Morgan fingerprint density at radius 2 is 1.90 bits per heavy atom. The zero-order valence-electron chi connectivity index (χ0n) is 18.2. The molecule has 1 N–H and O–H groups in total. The maximum Gasteiger partial charge on any atom is 0.407 e. The van der Waals surface area contributed by atoms with Gasteiger partial charge in [0.25, 0.3) is 0 Å².